The third kappa shape index (κ3) is 7.71. The lowest BCUT2D eigenvalue weighted by molar-refractivity contribution is 0.444. The van der Waals surface area contributed by atoms with Crippen LogP contribution in [0.5, 0.6) is 0 Å². The maximum absolute atomic E-state index is 7.19. The summed E-state index contributed by atoms with van der Waals surface area (Å²) < 4.78 is 14.4. The number of rotatable bonds is 10. The first-order chi connectivity index (χ1) is 39.7. The average Bonchev–Trinajstić information content (AvgIpc) is 4.05. The highest BCUT2D eigenvalue weighted by atomic mass is 16.3. The minimum atomic E-state index is 0.402. The van der Waals surface area contributed by atoms with Gasteiger partial charge in [0.05, 0.1) is 22.7 Å². The van der Waals surface area contributed by atoms with Gasteiger partial charge in [-0.2, -0.15) is 0 Å². The summed E-state index contributed by atoms with van der Waals surface area (Å²) in [6.45, 7) is 0. The Morgan fingerprint density at radius 2 is 0.688 bits per heavy atom. The number of hydrogen-bond donors (Lipinski definition) is 0. The first kappa shape index (κ1) is 46.9. The second kappa shape index (κ2) is 19.4. The van der Waals surface area contributed by atoms with Crippen molar-refractivity contribution in [2.45, 2.75) is 76.0 Å². The Balaban J connectivity index is 0.984. The van der Waals surface area contributed by atoms with E-state index >= 15 is 0 Å². The van der Waals surface area contributed by atoms with Gasteiger partial charge in [-0.25, -0.2) is 0 Å². The summed E-state index contributed by atoms with van der Waals surface area (Å²) in [5.74, 6) is 0.805. The smallest absolute Gasteiger partial charge is 0.159 e. The Labute approximate surface area is 466 Å². The van der Waals surface area contributed by atoms with Crippen molar-refractivity contribution in [1.29, 1.82) is 0 Å². The minimum absolute atomic E-state index is 0.402. The third-order valence-corrected chi connectivity index (χ3v) is 18.2. The third-order valence-electron chi connectivity index (χ3n) is 18.2. The van der Waals surface area contributed by atoms with Crippen LogP contribution < -0.4 is 9.80 Å². The van der Waals surface area contributed by atoms with Crippen molar-refractivity contribution in [3.8, 4) is 22.3 Å². The molecule has 0 saturated heterocycles. The summed E-state index contributed by atoms with van der Waals surface area (Å²) in [5.41, 5.74) is 17.9. The van der Waals surface area contributed by atoms with E-state index in [0.29, 0.717) is 11.8 Å². The zero-order valence-corrected chi connectivity index (χ0v) is 44.9. The van der Waals surface area contributed by atoms with E-state index in [0.717, 1.165) is 104 Å². The van der Waals surface area contributed by atoms with Crippen molar-refractivity contribution in [2.24, 2.45) is 0 Å². The molecule has 14 aromatic rings. The molecule has 80 heavy (non-hydrogen) atoms. The first-order valence-corrected chi connectivity index (χ1v) is 29.2. The number of hydrogen-bond acceptors (Lipinski definition) is 4. The van der Waals surface area contributed by atoms with Crippen molar-refractivity contribution in [3.05, 3.63) is 242 Å². The zero-order chi connectivity index (χ0) is 52.7. The maximum Gasteiger partial charge on any atom is 0.159 e. The lowest BCUT2D eigenvalue weighted by atomic mass is 9.82. The van der Waals surface area contributed by atoms with Gasteiger partial charge in [0.2, 0.25) is 0 Å². The summed E-state index contributed by atoms with van der Waals surface area (Å²) in [4.78, 5) is 5.15. The van der Waals surface area contributed by atoms with Gasteiger partial charge in [0.1, 0.15) is 11.2 Å². The maximum atomic E-state index is 7.19. The number of nitrogens with zero attached hydrogens (tertiary/aromatic N) is 2. The average molecular weight is 1030 g/mol. The topological polar surface area (TPSA) is 32.8 Å². The molecular formula is C76H60N2O2. The fourth-order valence-electron chi connectivity index (χ4n) is 14.4. The monoisotopic (exact) mass is 1030 g/mol. The van der Waals surface area contributed by atoms with Gasteiger partial charge in [-0.15, -0.1) is 0 Å². The van der Waals surface area contributed by atoms with Crippen LogP contribution in [0, 0.1) is 0 Å². The van der Waals surface area contributed by atoms with Gasteiger partial charge in [-0.05, 0) is 141 Å². The van der Waals surface area contributed by atoms with Crippen LogP contribution >= 0.6 is 0 Å². The molecule has 0 spiro atoms. The fraction of sp³-hybridized carbons (Fsp3) is 0.158. The highest BCUT2D eigenvalue weighted by molar-refractivity contribution is 6.29. The molecule has 2 fully saturated rings. The van der Waals surface area contributed by atoms with Crippen LogP contribution in [0.2, 0.25) is 0 Å². The molecule has 0 aliphatic heterocycles. The molecule has 0 N–H and O–H groups in total. The van der Waals surface area contributed by atoms with Gasteiger partial charge < -0.3 is 18.6 Å². The SMILES string of the molecule is c1ccc(-c2cccc(N(c3ccc4ccc5c(N(c6cccc(-c7ccccc7)c6)c6c(C7CCCCC7)ccc7c6oc6ccccc67)ccc6ccc3c4c65)c3c(C4CCCCC4)ccc4c3oc3ccccc34)c2)cc1. The van der Waals surface area contributed by atoms with Crippen LogP contribution in [0.3, 0.4) is 0 Å². The van der Waals surface area contributed by atoms with Gasteiger partial charge in [0.25, 0.3) is 0 Å². The van der Waals surface area contributed by atoms with Crippen molar-refractivity contribution in [2.75, 3.05) is 9.80 Å². The lowest BCUT2D eigenvalue weighted by Crippen LogP contribution is -2.16. The highest BCUT2D eigenvalue weighted by Gasteiger charge is 2.32. The molecule has 4 nitrogen and oxygen atoms in total. The predicted octanol–water partition coefficient (Wildman–Crippen LogP) is 22.8. The van der Waals surface area contributed by atoms with Crippen LogP contribution in [-0.4, -0.2) is 0 Å². The molecule has 2 aliphatic carbocycles. The van der Waals surface area contributed by atoms with E-state index in [4.69, 9.17) is 8.83 Å². The van der Waals surface area contributed by atoms with Crippen molar-refractivity contribution in [1.82, 2.24) is 0 Å². The Hall–Kier alpha value is -9.12. The standard InChI is InChI=1S/C76H60N2O2/c1-5-19-49(20-6-1)55-27-17-29-57(47-55)77(73-59(51-23-9-3-10-24-51)41-43-63-61-31-13-15-33-69(61)79-75(63)73)67-45-37-53-36-40-66-68(46-38-54-35-39-65(67)71(53)72(54)66)78(58-30-18-28-56(48-58)50-21-7-2-8-22-50)74-60(52-25-11-4-12-26-52)42-44-64-62-32-14-16-34-70(62)80-76(64)74/h1-2,5-8,13-22,27-48,51-52H,3-4,9-12,23-26H2. The van der Waals surface area contributed by atoms with Gasteiger partial charge in [-0.1, -0.05) is 221 Å². The van der Waals surface area contributed by atoms with E-state index in [9.17, 15) is 0 Å². The van der Waals surface area contributed by atoms with E-state index in [1.54, 1.807) is 0 Å². The van der Waals surface area contributed by atoms with E-state index < -0.39 is 0 Å². The number of para-hydroxylation sites is 2. The van der Waals surface area contributed by atoms with Gasteiger partial charge >= 0.3 is 0 Å². The number of anilines is 6. The highest BCUT2D eigenvalue weighted by Crippen LogP contribution is 2.55. The lowest BCUT2D eigenvalue weighted by Gasteiger charge is -2.33. The molecule has 4 heteroatoms. The van der Waals surface area contributed by atoms with Crippen molar-refractivity contribution >= 4 is 110 Å². The molecular weight excluding hydrogens is 973 g/mol. The van der Waals surface area contributed by atoms with Gasteiger partial charge in [0.15, 0.2) is 11.2 Å². The van der Waals surface area contributed by atoms with Crippen LogP contribution in [-0.2, 0) is 0 Å². The molecule has 0 unspecified atom stereocenters. The largest absolute Gasteiger partial charge is 0.454 e. The summed E-state index contributed by atoms with van der Waals surface area (Å²) in [7, 11) is 0. The Bertz CT molecular complexity index is 4340. The summed E-state index contributed by atoms with van der Waals surface area (Å²) in [6.07, 6.45) is 12.1. The quantitative estimate of drug-likeness (QED) is 0.128. The summed E-state index contributed by atoms with van der Waals surface area (Å²) >= 11 is 0. The van der Waals surface area contributed by atoms with E-state index in [1.807, 2.05) is 0 Å². The molecule has 0 bridgehead atoms. The van der Waals surface area contributed by atoms with Crippen LogP contribution in [0.4, 0.5) is 34.1 Å². The number of benzene rings is 12. The molecule has 2 aromatic heterocycles. The van der Waals surface area contributed by atoms with Gasteiger partial charge in [0, 0.05) is 43.7 Å². The second-order valence-electron chi connectivity index (χ2n) is 22.7. The molecule has 0 amide bonds. The minimum Gasteiger partial charge on any atom is -0.454 e. The molecule has 0 radical (unpaired) electrons. The molecule has 2 aliphatic rings. The van der Waals surface area contributed by atoms with Gasteiger partial charge in [-0.3, -0.25) is 0 Å². The molecule has 12 aromatic carbocycles. The van der Waals surface area contributed by atoms with E-state index in [-0.39, 0.29) is 0 Å². The number of furan rings is 2. The van der Waals surface area contributed by atoms with E-state index in [1.165, 1.54) is 104 Å². The fourth-order valence-corrected chi connectivity index (χ4v) is 14.4. The predicted molar refractivity (Wildman–Crippen MR) is 337 cm³/mol. The van der Waals surface area contributed by atoms with E-state index in [2.05, 4.69) is 240 Å². The van der Waals surface area contributed by atoms with Crippen LogP contribution in [0.25, 0.3) is 98.4 Å². The molecule has 0 atom stereocenters. The Morgan fingerprint density at radius 3 is 1.14 bits per heavy atom. The summed E-state index contributed by atoms with van der Waals surface area (Å²) in [5, 5.41) is 11.9. The van der Waals surface area contributed by atoms with Crippen LogP contribution in [0.15, 0.2) is 239 Å². The molecule has 2 heterocycles. The van der Waals surface area contributed by atoms with Crippen molar-refractivity contribution in [3.63, 3.8) is 0 Å². The van der Waals surface area contributed by atoms with Crippen molar-refractivity contribution < 1.29 is 8.83 Å². The Kier molecular flexibility index (Phi) is 11.4. The van der Waals surface area contributed by atoms with Crippen LogP contribution in [0.1, 0.15) is 87.2 Å². The first-order valence-electron chi connectivity index (χ1n) is 29.2. The zero-order valence-electron chi connectivity index (χ0n) is 44.9. The molecule has 386 valence electrons. The molecule has 16 rings (SSSR count). The number of fused-ring (bicyclic) bond motifs is 6. The second-order valence-corrected chi connectivity index (χ2v) is 22.7. The molecule has 2 saturated carbocycles. The summed E-state index contributed by atoms with van der Waals surface area (Å²) in [6, 6.07) is 85.7. The normalized spacial score (nSPS) is 14.7. The Morgan fingerprint density at radius 1 is 0.300 bits per heavy atom.